The summed E-state index contributed by atoms with van der Waals surface area (Å²) in [5.41, 5.74) is 6.05. The Morgan fingerprint density at radius 1 is 1.29 bits per heavy atom. The Bertz CT molecular complexity index is 71.2. The van der Waals surface area contributed by atoms with Gasteiger partial charge in [-0.15, -0.1) is 0 Å². The van der Waals surface area contributed by atoms with Gasteiger partial charge < -0.3 is 5.73 Å². The Kier molecular flexibility index (Phi) is 0.747. The van der Waals surface area contributed by atoms with E-state index >= 15 is 0 Å². The van der Waals surface area contributed by atoms with Gasteiger partial charge >= 0.3 is 0 Å². The van der Waals surface area contributed by atoms with Gasteiger partial charge in [0.25, 0.3) is 0 Å². The van der Waals surface area contributed by atoms with Gasteiger partial charge in [-0.3, -0.25) is 0 Å². The van der Waals surface area contributed by atoms with Crippen molar-refractivity contribution in [2.75, 3.05) is 0 Å². The van der Waals surface area contributed by atoms with Crippen LogP contribution in [0.3, 0.4) is 0 Å². The van der Waals surface area contributed by atoms with Crippen LogP contribution in [0.5, 0.6) is 0 Å². The minimum absolute atomic E-state index is 0. The maximum atomic E-state index is 5.69. The van der Waals surface area contributed by atoms with Crippen LogP contribution in [-0.2, 0) is 0 Å². The maximum absolute atomic E-state index is 5.69. The van der Waals surface area contributed by atoms with E-state index in [-0.39, 0.29) is 7.43 Å². The first-order valence-electron chi connectivity index (χ1n) is 2.57. The molecule has 0 aliphatic heterocycles. The zero-order valence-electron chi connectivity index (χ0n) is 3.78. The fraction of sp³-hybridized carbons (Fsp3) is 1.00. The van der Waals surface area contributed by atoms with Crippen molar-refractivity contribution in [3.63, 3.8) is 0 Å². The third-order valence-electron chi connectivity index (χ3n) is 2.09. The van der Waals surface area contributed by atoms with E-state index in [0.717, 1.165) is 5.92 Å². The van der Waals surface area contributed by atoms with Gasteiger partial charge in [0.2, 0.25) is 0 Å². The molecule has 3 aliphatic rings. The highest BCUT2D eigenvalue weighted by Gasteiger charge is 2.53. The van der Waals surface area contributed by atoms with Gasteiger partial charge in [0.1, 0.15) is 0 Å². The molecule has 2 bridgehead atoms. The molecule has 2 N–H and O–H groups in total. The highest BCUT2D eigenvalue weighted by Crippen LogP contribution is 2.54. The molecule has 0 unspecified atom stereocenters. The summed E-state index contributed by atoms with van der Waals surface area (Å²) in [6.45, 7) is 0. The Morgan fingerprint density at radius 3 is 1.57 bits per heavy atom. The molecule has 0 amide bonds. The largest absolute Gasteiger partial charge is 0.325 e. The molecule has 3 rings (SSSR count). The van der Waals surface area contributed by atoms with E-state index in [9.17, 15) is 0 Å². The summed E-state index contributed by atoms with van der Waals surface area (Å²) in [6, 6.07) is 0. The van der Waals surface area contributed by atoms with Gasteiger partial charge in [-0.05, 0) is 25.2 Å². The van der Waals surface area contributed by atoms with Crippen molar-refractivity contribution in [2.45, 2.75) is 32.2 Å². The summed E-state index contributed by atoms with van der Waals surface area (Å²) in [7, 11) is 0. The molecule has 0 atom stereocenters. The molecule has 1 heteroatoms. The van der Waals surface area contributed by atoms with E-state index in [1.165, 1.54) is 19.3 Å². The molecule has 0 aromatic heterocycles. The van der Waals surface area contributed by atoms with Crippen LogP contribution < -0.4 is 5.73 Å². The lowest BCUT2D eigenvalue weighted by Crippen LogP contribution is -2.64. The van der Waals surface area contributed by atoms with Gasteiger partial charge in [0.05, 0.1) is 0 Å². The zero-order chi connectivity index (χ0) is 4.20. The third-order valence-corrected chi connectivity index (χ3v) is 2.09. The Hall–Kier alpha value is -0.0400. The van der Waals surface area contributed by atoms with E-state index in [1.54, 1.807) is 0 Å². The molecule has 1 nitrogen and oxygen atoms in total. The third kappa shape index (κ3) is 0.418. The Morgan fingerprint density at radius 2 is 1.57 bits per heavy atom. The molecule has 7 heavy (non-hydrogen) atoms. The van der Waals surface area contributed by atoms with Crippen LogP contribution in [0.25, 0.3) is 0 Å². The van der Waals surface area contributed by atoms with Gasteiger partial charge in [-0.25, -0.2) is 0 Å². The SMILES string of the molecule is C.NC12CC(C1)C2. The van der Waals surface area contributed by atoms with Crippen molar-refractivity contribution < 1.29 is 0 Å². The first kappa shape index (κ1) is 5.10. The first-order valence-corrected chi connectivity index (χ1v) is 2.57. The van der Waals surface area contributed by atoms with Crippen LogP contribution in [0.1, 0.15) is 26.7 Å². The minimum Gasteiger partial charge on any atom is -0.325 e. The number of hydrogen-bond donors (Lipinski definition) is 1. The summed E-state index contributed by atoms with van der Waals surface area (Å²) >= 11 is 0. The van der Waals surface area contributed by atoms with E-state index in [2.05, 4.69) is 0 Å². The summed E-state index contributed by atoms with van der Waals surface area (Å²) in [5.74, 6) is 1.05. The molecule has 0 aromatic rings. The molecule has 3 saturated carbocycles. The first-order chi connectivity index (χ1) is 2.79. The quantitative estimate of drug-likeness (QED) is 0.484. The van der Waals surface area contributed by atoms with Crippen molar-refractivity contribution in [3.8, 4) is 0 Å². The van der Waals surface area contributed by atoms with Crippen molar-refractivity contribution in [1.82, 2.24) is 0 Å². The number of rotatable bonds is 0. The normalized spacial score (nSPS) is 53.6. The second-order valence-corrected chi connectivity index (χ2v) is 2.84. The predicted molar refractivity (Wildman–Crippen MR) is 31.0 cm³/mol. The van der Waals surface area contributed by atoms with Gasteiger partial charge in [0.15, 0.2) is 0 Å². The second kappa shape index (κ2) is 1.03. The van der Waals surface area contributed by atoms with Crippen LogP contribution in [0, 0.1) is 5.92 Å². The summed E-state index contributed by atoms with van der Waals surface area (Å²) in [6.07, 6.45) is 3.98. The lowest BCUT2D eigenvalue weighted by Gasteiger charge is -2.59. The van der Waals surface area contributed by atoms with E-state index in [0.29, 0.717) is 5.54 Å². The van der Waals surface area contributed by atoms with E-state index in [1.807, 2.05) is 0 Å². The maximum Gasteiger partial charge on any atom is 0.0162 e. The van der Waals surface area contributed by atoms with E-state index in [4.69, 9.17) is 5.73 Å². The van der Waals surface area contributed by atoms with Crippen LogP contribution >= 0.6 is 0 Å². The van der Waals surface area contributed by atoms with Crippen molar-refractivity contribution in [3.05, 3.63) is 0 Å². The number of hydrogen-bond acceptors (Lipinski definition) is 1. The van der Waals surface area contributed by atoms with Gasteiger partial charge in [0, 0.05) is 5.54 Å². The van der Waals surface area contributed by atoms with Crippen molar-refractivity contribution in [2.24, 2.45) is 11.7 Å². The molecule has 3 fully saturated rings. The van der Waals surface area contributed by atoms with Crippen LogP contribution in [0.2, 0.25) is 0 Å². The average Bonchev–Trinajstić information content (AvgIpc) is 1.24. The Balaban J connectivity index is 0.000000245. The molecule has 0 saturated heterocycles. The van der Waals surface area contributed by atoms with Crippen molar-refractivity contribution >= 4 is 0 Å². The molecule has 0 radical (unpaired) electrons. The molecule has 0 aromatic carbocycles. The van der Waals surface area contributed by atoms with Gasteiger partial charge in [-0.1, -0.05) is 7.43 Å². The summed E-state index contributed by atoms with van der Waals surface area (Å²) < 4.78 is 0. The lowest BCUT2D eigenvalue weighted by molar-refractivity contribution is -0.0170. The second-order valence-electron chi connectivity index (χ2n) is 2.84. The van der Waals surface area contributed by atoms with E-state index < -0.39 is 0 Å². The topological polar surface area (TPSA) is 26.0 Å². The lowest BCUT2D eigenvalue weighted by atomic mass is 9.50. The molecule has 42 valence electrons. The summed E-state index contributed by atoms with van der Waals surface area (Å²) in [5, 5.41) is 0. The Labute approximate surface area is 44.9 Å². The molecule has 0 heterocycles. The molecular formula is C6H13N. The highest BCUT2D eigenvalue weighted by molar-refractivity contribution is 5.11. The number of nitrogens with two attached hydrogens (primary N) is 1. The average molecular weight is 99.2 g/mol. The fourth-order valence-corrected chi connectivity index (χ4v) is 1.55. The smallest absolute Gasteiger partial charge is 0.0162 e. The predicted octanol–water partition coefficient (Wildman–Crippen LogP) is 1.13. The molecular weight excluding hydrogens is 86.1 g/mol. The standard InChI is InChI=1S/C5H9N.CH4/c6-5-1-4(2-5)3-5;/h4H,1-3,6H2;1H4. The fourth-order valence-electron chi connectivity index (χ4n) is 1.55. The van der Waals surface area contributed by atoms with Crippen LogP contribution in [0.4, 0.5) is 0 Å². The van der Waals surface area contributed by atoms with Gasteiger partial charge in [-0.2, -0.15) is 0 Å². The zero-order valence-corrected chi connectivity index (χ0v) is 3.78. The van der Waals surface area contributed by atoms with Crippen LogP contribution in [0.15, 0.2) is 0 Å². The molecule has 0 spiro atoms. The highest BCUT2D eigenvalue weighted by atomic mass is 14.9. The monoisotopic (exact) mass is 99.1 g/mol. The van der Waals surface area contributed by atoms with Crippen LogP contribution in [-0.4, -0.2) is 5.54 Å². The summed E-state index contributed by atoms with van der Waals surface area (Å²) in [4.78, 5) is 0. The minimum atomic E-state index is 0. The molecule has 3 aliphatic carbocycles. The van der Waals surface area contributed by atoms with Crippen molar-refractivity contribution in [1.29, 1.82) is 0 Å².